The average Bonchev–Trinajstić information content (AvgIpc) is 3.36. The van der Waals surface area contributed by atoms with Crippen molar-refractivity contribution in [2.45, 2.75) is 31.5 Å². The summed E-state index contributed by atoms with van der Waals surface area (Å²) in [6.45, 7) is 3.39. The summed E-state index contributed by atoms with van der Waals surface area (Å²) in [4.78, 5) is 19.2. The molecule has 1 aromatic heterocycles. The lowest BCUT2D eigenvalue weighted by molar-refractivity contribution is -0.139. The van der Waals surface area contributed by atoms with E-state index in [2.05, 4.69) is 10.3 Å². The monoisotopic (exact) mass is 425 g/mol. The van der Waals surface area contributed by atoms with Crippen molar-refractivity contribution in [2.24, 2.45) is 0 Å². The van der Waals surface area contributed by atoms with Gasteiger partial charge in [-0.1, -0.05) is 11.6 Å². The molecular weight excluding hydrogens is 405 g/mol. The Morgan fingerprint density at radius 3 is 2.87 bits per heavy atom. The van der Waals surface area contributed by atoms with Crippen LogP contribution in [0.4, 0.5) is 4.39 Å². The molecule has 2 aromatic carbocycles. The molecule has 2 saturated heterocycles. The topological polar surface area (TPSA) is 54.5 Å². The predicted molar refractivity (Wildman–Crippen MR) is 114 cm³/mol. The molecule has 2 bridgehead atoms. The molecule has 3 heterocycles. The van der Waals surface area contributed by atoms with Crippen LogP contribution in [-0.4, -0.2) is 47.1 Å². The van der Waals surface area contributed by atoms with E-state index in [-0.39, 0.29) is 17.8 Å². The molecule has 2 aliphatic heterocycles. The number of pyridine rings is 1. The second-order valence-corrected chi connectivity index (χ2v) is 8.31. The Balaban J connectivity index is 1.39. The number of amides is 1. The zero-order valence-corrected chi connectivity index (χ0v) is 17.2. The molecule has 1 N–H and O–H groups in total. The van der Waals surface area contributed by atoms with Crippen LogP contribution >= 0.6 is 11.6 Å². The maximum absolute atomic E-state index is 13.4. The van der Waals surface area contributed by atoms with Gasteiger partial charge in [0, 0.05) is 48.4 Å². The Kier molecular flexibility index (Phi) is 4.83. The maximum Gasteiger partial charge on any atom is 0.263 e. The normalized spacial score (nSPS) is 21.2. The highest BCUT2D eigenvalue weighted by Crippen LogP contribution is 2.34. The first kappa shape index (κ1) is 19.3. The number of carbonyl (C=O) groups is 1. The van der Waals surface area contributed by atoms with Crippen LogP contribution < -0.4 is 10.1 Å². The minimum absolute atomic E-state index is 0.0175. The van der Waals surface area contributed by atoms with Crippen molar-refractivity contribution >= 4 is 28.4 Å². The van der Waals surface area contributed by atoms with Gasteiger partial charge < -0.3 is 15.0 Å². The van der Waals surface area contributed by atoms with Crippen LogP contribution in [0.2, 0.25) is 5.02 Å². The zero-order valence-electron chi connectivity index (χ0n) is 16.4. The minimum Gasteiger partial charge on any atom is -0.481 e. The molecule has 0 radical (unpaired) electrons. The van der Waals surface area contributed by atoms with Crippen LogP contribution in [0.1, 0.15) is 13.3 Å². The Bertz CT molecular complexity index is 1140. The molecule has 0 aliphatic carbocycles. The van der Waals surface area contributed by atoms with E-state index in [1.807, 2.05) is 29.2 Å². The van der Waals surface area contributed by atoms with Gasteiger partial charge in [-0.2, -0.15) is 0 Å². The SMILES string of the molecule is C[C@@H](Oc1ccc2c(-c3ccc(F)cc3Cl)ccnc2c1)C(=O)N1C[C@H]2C[C@@H]1CN2. The smallest absolute Gasteiger partial charge is 0.263 e. The number of aromatic nitrogens is 1. The lowest BCUT2D eigenvalue weighted by Crippen LogP contribution is -2.50. The number of hydrogen-bond donors (Lipinski definition) is 1. The third-order valence-corrected chi connectivity index (χ3v) is 6.25. The van der Waals surface area contributed by atoms with E-state index in [9.17, 15) is 9.18 Å². The highest BCUT2D eigenvalue weighted by molar-refractivity contribution is 6.33. The Labute approximate surface area is 178 Å². The summed E-state index contributed by atoms with van der Waals surface area (Å²) in [7, 11) is 0. The first-order chi connectivity index (χ1) is 14.5. The number of ether oxygens (including phenoxy) is 1. The maximum atomic E-state index is 13.4. The van der Waals surface area contributed by atoms with Crippen LogP contribution in [0.25, 0.3) is 22.0 Å². The van der Waals surface area contributed by atoms with Gasteiger partial charge in [-0.3, -0.25) is 9.78 Å². The number of nitrogens with one attached hydrogen (secondary N) is 1. The summed E-state index contributed by atoms with van der Waals surface area (Å²) >= 11 is 6.26. The lowest BCUT2D eigenvalue weighted by Gasteiger charge is -2.30. The van der Waals surface area contributed by atoms with Gasteiger partial charge in [0.2, 0.25) is 0 Å². The van der Waals surface area contributed by atoms with Crippen molar-refractivity contribution in [3.63, 3.8) is 0 Å². The molecule has 0 unspecified atom stereocenters. The van der Waals surface area contributed by atoms with E-state index in [1.54, 1.807) is 19.2 Å². The standard InChI is InChI=1S/C23H21ClFN3O2/c1-13(23(29)28-12-15-9-16(28)11-27-15)30-17-3-5-20-18(6-7-26-22(20)10-17)19-4-2-14(25)8-21(19)24/h2-8,10,13,15-16,27H,9,11-12H2,1H3/t13-,15-,16-/m1/s1. The van der Waals surface area contributed by atoms with E-state index < -0.39 is 6.10 Å². The molecule has 7 heteroatoms. The fourth-order valence-corrected chi connectivity index (χ4v) is 4.73. The number of carbonyl (C=O) groups excluding carboxylic acids is 1. The van der Waals surface area contributed by atoms with E-state index in [1.165, 1.54) is 12.1 Å². The van der Waals surface area contributed by atoms with Crippen molar-refractivity contribution in [3.8, 4) is 16.9 Å². The molecule has 2 fully saturated rings. The number of nitrogens with zero attached hydrogens (tertiary/aromatic N) is 2. The zero-order chi connectivity index (χ0) is 20.8. The number of hydrogen-bond acceptors (Lipinski definition) is 4. The van der Waals surface area contributed by atoms with Gasteiger partial charge in [0.05, 0.1) is 10.5 Å². The molecule has 1 amide bonds. The van der Waals surface area contributed by atoms with Crippen LogP contribution in [-0.2, 0) is 4.79 Å². The lowest BCUT2D eigenvalue weighted by atomic mass is 10.0. The van der Waals surface area contributed by atoms with Gasteiger partial charge in [-0.25, -0.2) is 4.39 Å². The number of fused-ring (bicyclic) bond motifs is 3. The average molecular weight is 426 g/mol. The van der Waals surface area contributed by atoms with Gasteiger partial charge in [-0.05, 0) is 55.3 Å². The highest BCUT2D eigenvalue weighted by Gasteiger charge is 2.41. The summed E-state index contributed by atoms with van der Waals surface area (Å²) < 4.78 is 19.4. The summed E-state index contributed by atoms with van der Waals surface area (Å²) in [5.74, 6) is 0.225. The number of rotatable bonds is 4. The van der Waals surface area contributed by atoms with Gasteiger partial charge in [-0.15, -0.1) is 0 Å². The molecule has 30 heavy (non-hydrogen) atoms. The van der Waals surface area contributed by atoms with E-state index in [0.717, 1.165) is 41.5 Å². The van der Waals surface area contributed by atoms with Crippen LogP contribution in [0.15, 0.2) is 48.7 Å². The van der Waals surface area contributed by atoms with Crippen molar-refractivity contribution in [2.75, 3.05) is 13.1 Å². The van der Waals surface area contributed by atoms with Crippen LogP contribution in [0.3, 0.4) is 0 Å². The number of benzene rings is 2. The Morgan fingerprint density at radius 1 is 1.27 bits per heavy atom. The van der Waals surface area contributed by atoms with Gasteiger partial charge in [0.1, 0.15) is 11.6 Å². The molecule has 2 aliphatic rings. The molecule has 5 nitrogen and oxygen atoms in total. The summed E-state index contributed by atoms with van der Waals surface area (Å²) in [5.41, 5.74) is 2.32. The van der Waals surface area contributed by atoms with Crippen molar-refractivity contribution in [1.82, 2.24) is 15.2 Å². The van der Waals surface area contributed by atoms with Gasteiger partial charge in [0.25, 0.3) is 5.91 Å². The summed E-state index contributed by atoms with van der Waals surface area (Å²) in [6, 6.07) is 12.4. The Morgan fingerprint density at radius 2 is 2.13 bits per heavy atom. The molecule has 154 valence electrons. The van der Waals surface area contributed by atoms with Gasteiger partial charge >= 0.3 is 0 Å². The highest BCUT2D eigenvalue weighted by atomic mass is 35.5. The minimum atomic E-state index is -0.573. The number of piperazine rings is 1. The number of halogens is 2. The largest absolute Gasteiger partial charge is 0.481 e. The predicted octanol–water partition coefficient (Wildman–Crippen LogP) is 4.03. The Hall–Kier alpha value is -2.70. The first-order valence-electron chi connectivity index (χ1n) is 10.0. The number of likely N-dealkylation sites (tertiary alicyclic amines) is 1. The first-order valence-corrected chi connectivity index (χ1v) is 10.4. The fourth-order valence-electron chi connectivity index (χ4n) is 4.46. The third kappa shape index (κ3) is 3.40. The fraction of sp³-hybridized carbons (Fsp3) is 0.304. The second kappa shape index (κ2) is 7.52. The molecule has 3 atom stereocenters. The third-order valence-electron chi connectivity index (χ3n) is 5.94. The summed E-state index contributed by atoms with van der Waals surface area (Å²) in [5, 5.41) is 4.62. The molecular formula is C23H21ClFN3O2. The second-order valence-electron chi connectivity index (χ2n) is 7.91. The van der Waals surface area contributed by atoms with Crippen LogP contribution in [0.5, 0.6) is 5.75 Å². The molecule has 3 aromatic rings. The quantitative estimate of drug-likeness (QED) is 0.685. The van der Waals surface area contributed by atoms with Crippen molar-refractivity contribution < 1.29 is 13.9 Å². The molecule has 5 rings (SSSR count). The van der Waals surface area contributed by atoms with Crippen molar-refractivity contribution in [3.05, 3.63) is 59.5 Å². The van der Waals surface area contributed by atoms with E-state index in [0.29, 0.717) is 16.8 Å². The van der Waals surface area contributed by atoms with E-state index >= 15 is 0 Å². The molecule has 0 spiro atoms. The molecule has 0 saturated carbocycles. The van der Waals surface area contributed by atoms with E-state index in [4.69, 9.17) is 16.3 Å². The van der Waals surface area contributed by atoms with Gasteiger partial charge in [0.15, 0.2) is 6.10 Å². The van der Waals surface area contributed by atoms with Crippen LogP contribution in [0, 0.1) is 5.82 Å². The summed E-state index contributed by atoms with van der Waals surface area (Å²) in [6.07, 6.45) is 2.13. The van der Waals surface area contributed by atoms with Crippen molar-refractivity contribution in [1.29, 1.82) is 0 Å².